The average molecular weight is 478 g/mol. The second-order valence-corrected chi connectivity index (χ2v) is 8.41. The maximum Gasteiger partial charge on any atom is 0.411 e. The summed E-state index contributed by atoms with van der Waals surface area (Å²) in [5.74, 6) is -3.49. The lowest BCUT2D eigenvalue weighted by atomic mass is 9.98. The largest absolute Gasteiger partial charge is 0.479 e. The third kappa shape index (κ3) is 4.99. The first kappa shape index (κ1) is 23.9. The van der Waals surface area contributed by atoms with Crippen molar-refractivity contribution < 1.29 is 33.7 Å². The van der Waals surface area contributed by atoms with Gasteiger partial charge in [-0.2, -0.15) is 0 Å². The second-order valence-electron chi connectivity index (χ2n) is 8.41. The van der Waals surface area contributed by atoms with Gasteiger partial charge in [0.2, 0.25) is 0 Å². The van der Waals surface area contributed by atoms with Crippen LogP contribution < -0.4 is 10.6 Å². The van der Waals surface area contributed by atoms with Crippen LogP contribution in [0, 0.1) is 5.82 Å². The molecular weight excluding hydrogens is 455 g/mol. The molecule has 8 nitrogen and oxygen atoms in total. The van der Waals surface area contributed by atoms with Crippen molar-refractivity contribution in [3.63, 3.8) is 0 Å². The molecule has 180 valence electrons. The van der Waals surface area contributed by atoms with Gasteiger partial charge in [-0.15, -0.1) is 0 Å². The fraction of sp³-hybridized carbons (Fsp3) is 0.192. The van der Waals surface area contributed by atoms with E-state index in [0.717, 1.165) is 41.3 Å². The summed E-state index contributed by atoms with van der Waals surface area (Å²) < 4.78 is 19.9. The smallest absolute Gasteiger partial charge is 0.411 e. The molecule has 4 rings (SSSR count). The molecule has 1 aliphatic carbocycles. The van der Waals surface area contributed by atoms with Gasteiger partial charge < -0.3 is 20.3 Å². The number of carbonyl (C=O) groups is 3. The van der Waals surface area contributed by atoms with Crippen molar-refractivity contribution in [3.8, 4) is 11.1 Å². The van der Waals surface area contributed by atoms with Gasteiger partial charge in [0.25, 0.3) is 5.91 Å². The van der Waals surface area contributed by atoms with Crippen molar-refractivity contribution >= 4 is 23.7 Å². The highest BCUT2D eigenvalue weighted by Crippen LogP contribution is 2.44. The molecule has 3 aromatic carbocycles. The van der Waals surface area contributed by atoms with E-state index in [1.165, 1.54) is 6.07 Å². The summed E-state index contributed by atoms with van der Waals surface area (Å²) in [6.45, 7) is 0.486. The molecule has 0 saturated heterocycles. The van der Waals surface area contributed by atoms with Gasteiger partial charge >= 0.3 is 12.1 Å². The van der Waals surface area contributed by atoms with Crippen LogP contribution in [0.25, 0.3) is 11.1 Å². The summed E-state index contributed by atoms with van der Waals surface area (Å²) >= 11 is 0. The topological polar surface area (TPSA) is 125 Å². The number of anilines is 1. The van der Waals surface area contributed by atoms with E-state index >= 15 is 0 Å². The Kier molecular flexibility index (Phi) is 6.52. The minimum atomic E-state index is -2.20. The van der Waals surface area contributed by atoms with Crippen LogP contribution in [0.15, 0.2) is 66.7 Å². The molecule has 1 atom stereocenters. The van der Waals surface area contributed by atoms with Gasteiger partial charge in [0.15, 0.2) is 5.60 Å². The minimum absolute atomic E-state index is 0.0776. The first-order valence-corrected chi connectivity index (χ1v) is 10.8. The van der Waals surface area contributed by atoms with Crippen molar-refractivity contribution in [1.29, 1.82) is 0 Å². The highest BCUT2D eigenvalue weighted by Gasteiger charge is 2.31. The lowest BCUT2D eigenvalue weighted by Gasteiger charge is -2.18. The highest BCUT2D eigenvalue weighted by molar-refractivity contribution is 5.96. The van der Waals surface area contributed by atoms with Gasteiger partial charge in [0, 0.05) is 11.6 Å². The number of amides is 2. The minimum Gasteiger partial charge on any atom is -0.479 e. The van der Waals surface area contributed by atoms with Crippen molar-refractivity contribution in [3.05, 3.63) is 89.2 Å². The molecule has 2 amide bonds. The van der Waals surface area contributed by atoms with E-state index in [-0.39, 0.29) is 23.8 Å². The number of carboxylic acids is 1. The van der Waals surface area contributed by atoms with E-state index in [9.17, 15) is 23.9 Å². The van der Waals surface area contributed by atoms with Crippen molar-refractivity contribution in [2.45, 2.75) is 18.4 Å². The maximum absolute atomic E-state index is 14.5. The Balaban J connectivity index is 1.37. The summed E-state index contributed by atoms with van der Waals surface area (Å²) in [7, 11) is 0. The van der Waals surface area contributed by atoms with Gasteiger partial charge in [-0.3, -0.25) is 10.1 Å². The normalized spacial score (nSPS) is 13.8. The van der Waals surface area contributed by atoms with Crippen LogP contribution in [-0.2, 0) is 9.53 Å². The molecule has 0 heterocycles. The quantitative estimate of drug-likeness (QED) is 0.410. The molecular formula is C26H23FN2O6. The molecule has 35 heavy (non-hydrogen) atoms. The number of aliphatic carboxylic acids is 1. The van der Waals surface area contributed by atoms with Gasteiger partial charge in [0.05, 0.1) is 12.1 Å². The van der Waals surface area contributed by atoms with E-state index < -0.39 is 35.9 Å². The number of hydrogen-bond donors (Lipinski definition) is 4. The number of carbonyl (C=O) groups excluding carboxylic acids is 2. The molecule has 1 aliphatic rings. The van der Waals surface area contributed by atoms with Crippen molar-refractivity contribution in [2.24, 2.45) is 0 Å². The molecule has 9 heteroatoms. The standard InChI is InChI=1S/C26H23FN2O6/c1-26(34,24(31)32)14-28-23(30)20-11-10-15(12-22(20)27)29-25(33)35-13-21-18-8-4-2-6-16(18)17-7-3-5-9-19(17)21/h2-12,21,34H,13-14H2,1H3,(H,28,30)(H,29,33)(H,31,32). The molecule has 0 bridgehead atoms. The summed E-state index contributed by atoms with van der Waals surface area (Å²) in [5, 5.41) is 23.2. The number of rotatable bonds is 7. The van der Waals surface area contributed by atoms with Gasteiger partial charge in [-0.1, -0.05) is 48.5 Å². The van der Waals surface area contributed by atoms with Gasteiger partial charge in [-0.05, 0) is 47.4 Å². The molecule has 0 fully saturated rings. The van der Waals surface area contributed by atoms with E-state index in [1.54, 1.807) is 0 Å². The van der Waals surface area contributed by atoms with Crippen molar-refractivity contribution in [2.75, 3.05) is 18.5 Å². The number of carboxylic acid groups (broad SMARTS) is 1. The first-order chi connectivity index (χ1) is 16.7. The second kappa shape index (κ2) is 9.55. The Labute approximate surface area is 200 Å². The Bertz CT molecular complexity index is 1260. The molecule has 0 saturated carbocycles. The number of nitrogens with one attached hydrogen (secondary N) is 2. The lowest BCUT2D eigenvalue weighted by Crippen LogP contribution is -2.46. The summed E-state index contributed by atoms with van der Waals surface area (Å²) in [5.41, 5.74) is 1.82. The fourth-order valence-corrected chi connectivity index (χ4v) is 3.95. The van der Waals surface area contributed by atoms with E-state index in [4.69, 9.17) is 9.84 Å². The van der Waals surface area contributed by atoms with Crippen LogP contribution >= 0.6 is 0 Å². The highest BCUT2D eigenvalue weighted by atomic mass is 19.1. The number of aliphatic hydroxyl groups is 1. The van der Waals surface area contributed by atoms with Crippen LogP contribution in [-0.4, -0.2) is 46.9 Å². The zero-order chi connectivity index (χ0) is 25.2. The Morgan fingerprint density at radius 1 is 1.00 bits per heavy atom. The SMILES string of the molecule is CC(O)(CNC(=O)c1ccc(NC(=O)OCC2c3ccccc3-c3ccccc32)cc1F)C(=O)O. The zero-order valence-electron chi connectivity index (χ0n) is 18.7. The molecule has 4 N–H and O–H groups in total. The zero-order valence-corrected chi connectivity index (χ0v) is 18.7. The van der Waals surface area contributed by atoms with Crippen LogP contribution in [0.4, 0.5) is 14.9 Å². The summed E-state index contributed by atoms with van der Waals surface area (Å²) in [6, 6.07) is 19.2. The van der Waals surface area contributed by atoms with E-state index in [1.807, 2.05) is 48.5 Å². The third-order valence-corrected chi connectivity index (χ3v) is 5.86. The molecule has 0 aliphatic heterocycles. The predicted molar refractivity (Wildman–Crippen MR) is 126 cm³/mol. The molecule has 1 unspecified atom stereocenters. The van der Waals surface area contributed by atoms with Crippen LogP contribution in [0.5, 0.6) is 0 Å². The third-order valence-electron chi connectivity index (χ3n) is 5.86. The van der Waals surface area contributed by atoms with Crippen LogP contribution in [0.1, 0.15) is 34.3 Å². The predicted octanol–water partition coefficient (Wildman–Crippen LogP) is 3.75. The monoisotopic (exact) mass is 478 g/mol. The van der Waals surface area contributed by atoms with E-state index in [0.29, 0.717) is 0 Å². The van der Waals surface area contributed by atoms with Crippen LogP contribution in [0.2, 0.25) is 0 Å². The maximum atomic E-state index is 14.5. The Hall–Kier alpha value is -4.24. The number of hydrogen-bond acceptors (Lipinski definition) is 5. The number of benzene rings is 3. The molecule has 0 radical (unpaired) electrons. The average Bonchev–Trinajstić information content (AvgIpc) is 3.15. The Morgan fingerprint density at radius 3 is 2.17 bits per heavy atom. The number of fused-ring (bicyclic) bond motifs is 3. The van der Waals surface area contributed by atoms with E-state index in [2.05, 4.69) is 10.6 Å². The van der Waals surface area contributed by atoms with Crippen molar-refractivity contribution in [1.82, 2.24) is 5.32 Å². The molecule has 0 aromatic heterocycles. The van der Waals surface area contributed by atoms with Gasteiger partial charge in [-0.25, -0.2) is 14.0 Å². The summed E-state index contributed by atoms with van der Waals surface area (Å²) in [6.07, 6.45) is -0.777. The van der Waals surface area contributed by atoms with Crippen LogP contribution in [0.3, 0.4) is 0 Å². The van der Waals surface area contributed by atoms with Gasteiger partial charge in [0.1, 0.15) is 12.4 Å². The fourth-order valence-electron chi connectivity index (χ4n) is 3.95. The Morgan fingerprint density at radius 2 is 1.60 bits per heavy atom. The lowest BCUT2D eigenvalue weighted by molar-refractivity contribution is -0.155. The number of ether oxygens (including phenoxy) is 1. The first-order valence-electron chi connectivity index (χ1n) is 10.8. The molecule has 3 aromatic rings. The number of halogens is 1. The summed E-state index contributed by atoms with van der Waals surface area (Å²) in [4.78, 5) is 35.4. The molecule has 0 spiro atoms.